The number of benzene rings is 1. The molecule has 0 fully saturated rings. The van der Waals surface area contributed by atoms with Gasteiger partial charge in [-0.3, -0.25) is 0 Å². The Hall–Kier alpha value is -0.0300. The number of rotatable bonds is 8. The van der Waals surface area contributed by atoms with Gasteiger partial charge in [-0.25, -0.2) is 0 Å². The first-order chi connectivity index (χ1) is 9.43. The van der Waals surface area contributed by atoms with E-state index in [0.717, 1.165) is 25.3 Å². The Bertz CT molecular complexity index is 427. The summed E-state index contributed by atoms with van der Waals surface area (Å²) in [7, 11) is 4.05. The molecule has 0 aromatic heterocycles. The van der Waals surface area contributed by atoms with Crippen LogP contribution in [0.1, 0.15) is 18.5 Å². The molecule has 0 aliphatic carbocycles. The summed E-state index contributed by atoms with van der Waals surface area (Å²) in [5, 5.41) is 4.73. The van der Waals surface area contributed by atoms with E-state index in [1.54, 1.807) is 6.07 Å². The van der Waals surface area contributed by atoms with Crippen molar-refractivity contribution in [1.29, 1.82) is 0 Å². The van der Waals surface area contributed by atoms with Crippen molar-refractivity contribution < 1.29 is 4.74 Å². The second kappa shape index (κ2) is 9.08. The van der Waals surface area contributed by atoms with Gasteiger partial charge in [-0.15, -0.1) is 0 Å². The van der Waals surface area contributed by atoms with Crippen molar-refractivity contribution in [1.82, 2.24) is 10.2 Å². The number of halogens is 3. The van der Waals surface area contributed by atoms with Gasteiger partial charge in [0.05, 0.1) is 28.3 Å². The topological polar surface area (TPSA) is 24.5 Å². The van der Waals surface area contributed by atoms with Gasteiger partial charge < -0.3 is 15.0 Å². The smallest absolute Gasteiger partial charge is 0.0781 e. The highest BCUT2D eigenvalue weighted by molar-refractivity contribution is 6.48. The first kappa shape index (κ1) is 18.0. The Kier molecular flexibility index (Phi) is 8.18. The quantitative estimate of drug-likeness (QED) is 0.574. The van der Waals surface area contributed by atoms with Crippen LogP contribution < -0.4 is 5.32 Å². The van der Waals surface area contributed by atoms with E-state index in [4.69, 9.17) is 39.5 Å². The summed E-state index contributed by atoms with van der Waals surface area (Å²) in [5.41, 5.74) is 0.939. The highest BCUT2D eigenvalue weighted by Crippen LogP contribution is 2.35. The number of nitrogens with zero attached hydrogens (tertiary/aromatic N) is 1. The number of likely N-dealkylation sites (N-methyl/N-ethyl adjacent to an activating group) is 1. The van der Waals surface area contributed by atoms with Gasteiger partial charge in [0.15, 0.2) is 0 Å². The van der Waals surface area contributed by atoms with Crippen molar-refractivity contribution in [3.8, 4) is 0 Å². The van der Waals surface area contributed by atoms with Gasteiger partial charge in [0.2, 0.25) is 0 Å². The van der Waals surface area contributed by atoms with E-state index in [1.807, 2.05) is 27.1 Å². The Morgan fingerprint density at radius 1 is 1.15 bits per heavy atom. The molecule has 1 rings (SSSR count). The molecule has 0 aliphatic rings. The summed E-state index contributed by atoms with van der Waals surface area (Å²) in [5.74, 6) is 0. The number of nitrogens with one attached hydrogen (secondary N) is 1. The molecule has 20 heavy (non-hydrogen) atoms. The maximum Gasteiger partial charge on any atom is 0.0781 e. The van der Waals surface area contributed by atoms with Crippen LogP contribution in [-0.4, -0.2) is 45.3 Å². The maximum absolute atomic E-state index is 6.20. The second-order valence-electron chi connectivity index (χ2n) is 4.86. The minimum atomic E-state index is 0.0923. The Balaban J connectivity index is 2.36. The summed E-state index contributed by atoms with van der Waals surface area (Å²) in [6, 6.07) is 3.74. The van der Waals surface area contributed by atoms with Crippen LogP contribution in [0.5, 0.6) is 0 Å². The zero-order chi connectivity index (χ0) is 15.1. The maximum atomic E-state index is 6.20. The van der Waals surface area contributed by atoms with E-state index in [2.05, 4.69) is 10.2 Å². The van der Waals surface area contributed by atoms with Crippen LogP contribution in [0.25, 0.3) is 0 Å². The average molecular weight is 340 g/mol. The van der Waals surface area contributed by atoms with E-state index < -0.39 is 0 Å². The number of hydrogen-bond donors (Lipinski definition) is 1. The van der Waals surface area contributed by atoms with Crippen molar-refractivity contribution in [3.05, 3.63) is 32.8 Å². The molecule has 0 saturated carbocycles. The van der Waals surface area contributed by atoms with E-state index in [9.17, 15) is 0 Å². The van der Waals surface area contributed by atoms with Crippen LogP contribution in [0.4, 0.5) is 0 Å². The summed E-state index contributed by atoms with van der Waals surface area (Å²) in [4.78, 5) is 2.09. The fraction of sp³-hybridized carbons (Fsp3) is 0.571. The van der Waals surface area contributed by atoms with Gasteiger partial charge in [-0.1, -0.05) is 40.9 Å². The van der Waals surface area contributed by atoms with Gasteiger partial charge in [0.25, 0.3) is 0 Å². The summed E-state index contributed by atoms with van der Waals surface area (Å²) < 4.78 is 5.52. The fourth-order valence-corrected chi connectivity index (χ4v) is 2.39. The molecule has 1 atom stereocenters. The standard InChI is InChI=1S/C14H21Cl3N2O/c1-10(18-6-8-20-9-7-19(2)3)11-4-5-12(15)14(17)13(11)16/h4-5,10,18H,6-9H2,1-3H3. The molecule has 1 aromatic rings. The molecule has 3 nitrogen and oxygen atoms in total. The molecule has 0 radical (unpaired) electrons. The van der Waals surface area contributed by atoms with Gasteiger partial charge in [-0.05, 0) is 32.6 Å². The molecule has 0 bridgehead atoms. The fourth-order valence-electron chi connectivity index (χ4n) is 1.68. The largest absolute Gasteiger partial charge is 0.379 e. The summed E-state index contributed by atoms with van der Waals surface area (Å²) in [6.45, 7) is 5.11. The van der Waals surface area contributed by atoms with Crippen molar-refractivity contribution >= 4 is 34.8 Å². The molecule has 0 aliphatic heterocycles. The van der Waals surface area contributed by atoms with Gasteiger partial charge >= 0.3 is 0 Å². The van der Waals surface area contributed by atoms with Gasteiger partial charge in [-0.2, -0.15) is 0 Å². The molecule has 1 N–H and O–H groups in total. The Morgan fingerprint density at radius 2 is 1.85 bits per heavy atom. The average Bonchev–Trinajstić information content (AvgIpc) is 2.39. The molecule has 0 spiro atoms. The predicted octanol–water partition coefficient (Wildman–Crippen LogP) is 3.88. The molecule has 6 heteroatoms. The number of hydrogen-bond acceptors (Lipinski definition) is 3. The lowest BCUT2D eigenvalue weighted by Gasteiger charge is -2.17. The monoisotopic (exact) mass is 338 g/mol. The highest BCUT2D eigenvalue weighted by Gasteiger charge is 2.13. The lowest BCUT2D eigenvalue weighted by atomic mass is 10.1. The summed E-state index contributed by atoms with van der Waals surface area (Å²) >= 11 is 18.2. The van der Waals surface area contributed by atoms with Crippen molar-refractivity contribution in [2.75, 3.05) is 40.4 Å². The van der Waals surface area contributed by atoms with Crippen LogP contribution in [0, 0.1) is 0 Å². The molecule has 1 unspecified atom stereocenters. The third-order valence-corrected chi connectivity index (χ3v) is 4.22. The van der Waals surface area contributed by atoms with Crippen LogP contribution in [0.15, 0.2) is 12.1 Å². The van der Waals surface area contributed by atoms with E-state index >= 15 is 0 Å². The summed E-state index contributed by atoms with van der Waals surface area (Å²) in [6.07, 6.45) is 0. The van der Waals surface area contributed by atoms with Crippen molar-refractivity contribution in [2.24, 2.45) is 0 Å². The Labute approximate surface area is 136 Å². The lowest BCUT2D eigenvalue weighted by Crippen LogP contribution is -2.25. The first-order valence-corrected chi connectivity index (χ1v) is 7.66. The molecule has 0 saturated heterocycles. The van der Waals surface area contributed by atoms with E-state index in [0.29, 0.717) is 21.7 Å². The molecular weight excluding hydrogens is 319 g/mol. The van der Waals surface area contributed by atoms with Crippen LogP contribution in [-0.2, 0) is 4.74 Å². The van der Waals surface area contributed by atoms with Gasteiger partial charge in [0, 0.05) is 19.1 Å². The zero-order valence-electron chi connectivity index (χ0n) is 12.0. The van der Waals surface area contributed by atoms with Crippen LogP contribution >= 0.6 is 34.8 Å². The van der Waals surface area contributed by atoms with Crippen molar-refractivity contribution in [3.63, 3.8) is 0 Å². The van der Waals surface area contributed by atoms with E-state index in [-0.39, 0.29) is 6.04 Å². The van der Waals surface area contributed by atoms with Crippen LogP contribution in [0.2, 0.25) is 15.1 Å². The minimum Gasteiger partial charge on any atom is -0.379 e. The molecule has 114 valence electrons. The molecule has 1 aromatic carbocycles. The lowest BCUT2D eigenvalue weighted by molar-refractivity contribution is 0.118. The molecular formula is C14H21Cl3N2O. The molecule has 0 heterocycles. The SMILES string of the molecule is CC(NCCOCCN(C)C)c1ccc(Cl)c(Cl)c1Cl. The molecule has 0 amide bonds. The number of ether oxygens (including phenoxy) is 1. The minimum absolute atomic E-state index is 0.0923. The van der Waals surface area contributed by atoms with Crippen molar-refractivity contribution in [2.45, 2.75) is 13.0 Å². The third kappa shape index (κ3) is 5.76. The van der Waals surface area contributed by atoms with Crippen LogP contribution in [0.3, 0.4) is 0 Å². The van der Waals surface area contributed by atoms with E-state index in [1.165, 1.54) is 0 Å². The zero-order valence-corrected chi connectivity index (χ0v) is 14.3. The second-order valence-corrected chi connectivity index (χ2v) is 6.02. The third-order valence-electron chi connectivity index (χ3n) is 2.91. The normalized spacial score (nSPS) is 12.9. The first-order valence-electron chi connectivity index (χ1n) is 6.52. The predicted molar refractivity (Wildman–Crippen MR) is 87.3 cm³/mol. The van der Waals surface area contributed by atoms with Gasteiger partial charge in [0.1, 0.15) is 0 Å². The highest BCUT2D eigenvalue weighted by atomic mass is 35.5. The Morgan fingerprint density at radius 3 is 2.50 bits per heavy atom.